The first kappa shape index (κ1) is 27.0. The van der Waals surface area contributed by atoms with Crippen molar-refractivity contribution in [1.82, 2.24) is 10.2 Å². The van der Waals surface area contributed by atoms with Crippen LogP contribution in [-0.2, 0) is 9.54 Å². The maximum atomic E-state index is 13.8. The number of fused-ring (bicyclic) bond motifs is 1. The first-order valence-corrected chi connectivity index (χ1v) is 14.3. The van der Waals surface area contributed by atoms with Crippen LogP contribution in [0.2, 0.25) is 0 Å². The number of nitrogens with zero attached hydrogens (tertiary/aromatic N) is 2. The van der Waals surface area contributed by atoms with Crippen molar-refractivity contribution >= 4 is 23.4 Å². The average Bonchev–Trinajstić information content (AvgIpc) is 2.87. The van der Waals surface area contributed by atoms with Crippen molar-refractivity contribution in [3.8, 4) is 5.75 Å². The van der Waals surface area contributed by atoms with Gasteiger partial charge in [-0.25, -0.2) is 0 Å². The van der Waals surface area contributed by atoms with Crippen molar-refractivity contribution in [3.05, 3.63) is 54.1 Å². The first-order valence-electron chi connectivity index (χ1n) is 13.5. The molecular weight excluding hydrogens is 466 g/mol. The molecule has 1 N–H and O–H groups in total. The summed E-state index contributed by atoms with van der Waals surface area (Å²) >= 11 is 1.71. The van der Waals surface area contributed by atoms with Gasteiger partial charge in [-0.05, 0) is 96.0 Å². The number of para-hydroxylation sites is 1. The number of anilines is 1. The molecule has 0 bridgehead atoms. The van der Waals surface area contributed by atoms with E-state index in [2.05, 4.69) is 55.5 Å². The monoisotopic (exact) mass is 509 g/mol. The molecule has 1 unspecified atom stereocenters. The van der Waals surface area contributed by atoms with Gasteiger partial charge in [-0.2, -0.15) is 0 Å². The van der Waals surface area contributed by atoms with Crippen molar-refractivity contribution in [2.75, 3.05) is 45.7 Å². The number of hydrogen-bond donors (Lipinski definition) is 1. The zero-order valence-corrected chi connectivity index (χ0v) is 23.3. The van der Waals surface area contributed by atoms with Gasteiger partial charge in [-0.15, -0.1) is 11.8 Å². The van der Waals surface area contributed by atoms with E-state index in [0.717, 1.165) is 54.2 Å². The van der Waals surface area contributed by atoms with E-state index in [9.17, 15) is 4.79 Å². The molecule has 2 aromatic carbocycles. The van der Waals surface area contributed by atoms with E-state index in [1.54, 1.807) is 11.8 Å². The number of amides is 1. The van der Waals surface area contributed by atoms with E-state index in [-0.39, 0.29) is 5.91 Å². The second-order valence-corrected chi connectivity index (χ2v) is 12.3. The van der Waals surface area contributed by atoms with Crippen LogP contribution < -0.4 is 15.0 Å². The fraction of sp³-hybridized carbons (Fsp3) is 0.567. The Morgan fingerprint density at radius 1 is 1.03 bits per heavy atom. The zero-order chi connectivity index (χ0) is 25.6. The molecule has 0 spiro atoms. The molecule has 0 aromatic heterocycles. The largest absolute Gasteiger partial charge is 0.494 e. The summed E-state index contributed by atoms with van der Waals surface area (Å²) in [7, 11) is 6.07. The quantitative estimate of drug-likeness (QED) is 0.372. The number of rotatable bonds is 11. The van der Waals surface area contributed by atoms with Gasteiger partial charge in [0.1, 0.15) is 10.5 Å². The van der Waals surface area contributed by atoms with Crippen LogP contribution in [0, 0.1) is 0 Å². The summed E-state index contributed by atoms with van der Waals surface area (Å²) in [6.07, 6.45) is 9.34. The van der Waals surface area contributed by atoms with Gasteiger partial charge in [0, 0.05) is 17.5 Å². The Hall–Kier alpha value is -2.02. The van der Waals surface area contributed by atoms with Crippen molar-refractivity contribution in [3.63, 3.8) is 0 Å². The van der Waals surface area contributed by atoms with Gasteiger partial charge in [0.05, 0.1) is 12.3 Å². The smallest absolute Gasteiger partial charge is 0.247 e. The van der Waals surface area contributed by atoms with E-state index in [1.165, 1.54) is 32.1 Å². The van der Waals surface area contributed by atoms with Gasteiger partial charge in [-0.3, -0.25) is 4.79 Å². The van der Waals surface area contributed by atoms with Gasteiger partial charge in [0.25, 0.3) is 0 Å². The van der Waals surface area contributed by atoms with Crippen molar-refractivity contribution in [1.29, 1.82) is 0 Å². The third-order valence-electron chi connectivity index (χ3n) is 7.71. The van der Waals surface area contributed by atoms with E-state index in [4.69, 9.17) is 4.74 Å². The van der Waals surface area contributed by atoms with Crippen LogP contribution in [0.3, 0.4) is 0 Å². The number of benzene rings is 2. The molecule has 1 fully saturated rings. The highest BCUT2D eigenvalue weighted by atomic mass is 32.2. The predicted molar refractivity (Wildman–Crippen MR) is 151 cm³/mol. The Labute approximate surface area is 222 Å². The Morgan fingerprint density at radius 3 is 2.47 bits per heavy atom. The fourth-order valence-electron chi connectivity index (χ4n) is 5.54. The number of thioether (sulfide) groups is 1. The SMILES string of the molecule is CN(C)CCCC1(c2ccc(OCCCNC3(C)CCCCC3)cc2)Sc2ccccc2N(C)C1=O. The minimum absolute atomic E-state index is 0.154. The Kier molecular flexibility index (Phi) is 9.02. The standard InChI is InChI=1S/C30H43N3O2S/c1-29(18-8-5-9-19-29)31-21-11-23-35-25-16-14-24(15-17-25)30(20-10-22-32(2)3)28(34)33(4)26-12-6-7-13-27(26)36-30/h6-7,12-17,31H,5,8-11,18-23H2,1-4H3. The van der Waals surface area contributed by atoms with Crippen LogP contribution in [0.25, 0.3) is 0 Å². The van der Waals surface area contributed by atoms with Crippen LogP contribution >= 0.6 is 11.8 Å². The highest BCUT2D eigenvalue weighted by Crippen LogP contribution is 2.53. The molecule has 1 aliphatic heterocycles. The van der Waals surface area contributed by atoms with E-state index >= 15 is 0 Å². The third kappa shape index (κ3) is 6.27. The lowest BCUT2D eigenvalue weighted by atomic mass is 9.83. The highest BCUT2D eigenvalue weighted by Gasteiger charge is 2.47. The van der Waals surface area contributed by atoms with Gasteiger partial charge >= 0.3 is 0 Å². The summed E-state index contributed by atoms with van der Waals surface area (Å²) in [6.45, 7) is 5.00. The molecule has 36 heavy (non-hydrogen) atoms. The lowest BCUT2D eigenvalue weighted by Gasteiger charge is -2.41. The second-order valence-electron chi connectivity index (χ2n) is 10.9. The Morgan fingerprint density at radius 2 is 1.75 bits per heavy atom. The van der Waals surface area contributed by atoms with Crippen LogP contribution in [-0.4, -0.2) is 57.2 Å². The Bertz CT molecular complexity index is 1000. The second kappa shape index (κ2) is 12.0. The third-order valence-corrected chi connectivity index (χ3v) is 9.24. The molecule has 2 aliphatic rings. The molecule has 6 heteroatoms. The lowest BCUT2D eigenvalue weighted by molar-refractivity contribution is -0.121. The number of ether oxygens (including phenoxy) is 1. The summed E-state index contributed by atoms with van der Waals surface area (Å²) in [5.74, 6) is 1.02. The minimum atomic E-state index is -0.628. The first-order chi connectivity index (χ1) is 17.3. The molecule has 196 valence electrons. The Balaban J connectivity index is 1.41. The number of likely N-dealkylation sites (N-methyl/N-ethyl adjacent to an activating group) is 1. The van der Waals surface area contributed by atoms with E-state index in [1.807, 2.05) is 36.2 Å². The topological polar surface area (TPSA) is 44.8 Å². The predicted octanol–water partition coefficient (Wildman–Crippen LogP) is 6.07. The number of carbonyl (C=O) groups excluding carboxylic acids is 1. The number of carbonyl (C=O) groups is 1. The molecular formula is C30H43N3O2S. The maximum Gasteiger partial charge on any atom is 0.247 e. The molecule has 1 atom stereocenters. The average molecular weight is 510 g/mol. The summed E-state index contributed by atoms with van der Waals surface area (Å²) in [5, 5.41) is 3.76. The normalized spacial score (nSPS) is 21.5. The van der Waals surface area contributed by atoms with Gasteiger partial charge in [-0.1, -0.05) is 43.5 Å². The van der Waals surface area contributed by atoms with E-state index < -0.39 is 4.75 Å². The molecule has 4 rings (SSSR count). The number of hydrogen-bond acceptors (Lipinski definition) is 5. The van der Waals surface area contributed by atoms with Crippen molar-refractivity contribution in [2.24, 2.45) is 0 Å². The van der Waals surface area contributed by atoms with Gasteiger partial charge in [0.2, 0.25) is 5.91 Å². The van der Waals surface area contributed by atoms with E-state index in [0.29, 0.717) is 12.1 Å². The highest BCUT2D eigenvalue weighted by molar-refractivity contribution is 8.01. The molecule has 1 saturated carbocycles. The summed E-state index contributed by atoms with van der Waals surface area (Å²) in [6, 6.07) is 16.5. The van der Waals surface area contributed by atoms with Crippen LogP contribution in [0.5, 0.6) is 5.75 Å². The molecule has 1 amide bonds. The van der Waals surface area contributed by atoms with Crippen molar-refractivity contribution in [2.45, 2.75) is 73.5 Å². The molecule has 1 heterocycles. The summed E-state index contributed by atoms with van der Waals surface area (Å²) in [5.41, 5.74) is 2.35. The lowest BCUT2D eigenvalue weighted by Crippen LogP contribution is -2.46. The van der Waals surface area contributed by atoms with Crippen LogP contribution in [0.15, 0.2) is 53.4 Å². The molecule has 2 aromatic rings. The minimum Gasteiger partial charge on any atom is -0.494 e. The molecule has 0 radical (unpaired) electrons. The maximum absolute atomic E-state index is 13.8. The molecule has 0 saturated heterocycles. The fourth-order valence-corrected chi connectivity index (χ4v) is 7.10. The zero-order valence-electron chi connectivity index (χ0n) is 22.5. The van der Waals surface area contributed by atoms with Crippen molar-refractivity contribution < 1.29 is 9.53 Å². The number of nitrogens with one attached hydrogen (secondary N) is 1. The van der Waals surface area contributed by atoms with Gasteiger partial charge < -0.3 is 19.9 Å². The summed E-state index contributed by atoms with van der Waals surface area (Å²) in [4.78, 5) is 19.0. The van der Waals surface area contributed by atoms with Crippen LogP contribution in [0.1, 0.15) is 63.9 Å². The molecule has 1 aliphatic carbocycles. The van der Waals surface area contributed by atoms with Crippen LogP contribution in [0.4, 0.5) is 5.69 Å². The molecule has 5 nitrogen and oxygen atoms in total. The summed E-state index contributed by atoms with van der Waals surface area (Å²) < 4.78 is 5.44. The van der Waals surface area contributed by atoms with Gasteiger partial charge in [0.15, 0.2) is 0 Å².